The van der Waals surface area contributed by atoms with Crippen molar-refractivity contribution >= 4 is 23.2 Å². The van der Waals surface area contributed by atoms with E-state index in [9.17, 15) is 14.0 Å². The minimum absolute atomic E-state index is 0.0185. The van der Waals surface area contributed by atoms with Crippen LogP contribution >= 0.6 is 11.6 Å². The SMILES string of the molecule is CC(C)(C)n1ncc(NCCNC(=O)c2ccccc2F)c(Cl)c1=O. The standard InChI is InChI=1S/C17H20ClFN4O2/c1-17(2,3)23-16(25)14(18)13(10-22-23)20-8-9-21-15(24)11-6-4-5-7-12(11)19/h4-7,10,20H,8-9H2,1-3H3,(H,21,24). The highest BCUT2D eigenvalue weighted by molar-refractivity contribution is 6.32. The summed E-state index contributed by atoms with van der Waals surface area (Å²) in [5.41, 5.74) is -0.510. The molecule has 0 radical (unpaired) electrons. The third-order valence-electron chi connectivity index (χ3n) is 3.40. The van der Waals surface area contributed by atoms with Gasteiger partial charge < -0.3 is 10.6 Å². The van der Waals surface area contributed by atoms with E-state index in [4.69, 9.17) is 11.6 Å². The molecular weight excluding hydrogens is 347 g/mol. The number of anilines is 1. The number of hydrogen-bond acceptors (Lipinski definition) is 4. The number of rotatable bonds is 5. The zero-order valence-electron chi connectivity index (χ0n) is 14.3. The van der Waals surface area contributed by atoms with Gasteiger partial charge in [-0.3, -0.25) is 9.59 Å². The number of halogens is 2. The van der Waals surface area contributed by atoms with Gasteiger partial charge in [0, 0.05) is 13.1 Å². The third-order valence-corrected chi connectivity index (χ3v) is 3.76. The van der Waals surface area contributed by atoms with Crippen LogP contribution in [0, 0.1) is 5.82 Å². The summed E-state index contributed by atoms with van der Waals surface area (Å²) in [6, 6.07) is 5.74. The van der Waals surface area contributed by atoms with Gasteiger partial charge in [0.15, 0.2) is 0 Å². The largest absolute Gasteiger partial charge is 0.381 e. The van der Waals surface area contributed by atoms with Crippen molar-refractivity contribution < 1.29 is 9.18 Å². The second-order valence-electron chi connectivity index (χ2n) is 6.42. The molecule has 1 aromatic carbocycles. The number of hydrogen-bond donors (Lipinski definition) is 2. The Morgan fingerprint density at radius 2 is 1.96 bits per heavy atom. The lowest BCUT2D eigenvalue weighted by atomic mass is 10.1. The second kappa shape index (κ2) is 7.65. The first kappa shape index (κ1) is 18.9. The molecule has 1 heterocycles. The zero-order valence-corrected chi connectivity index (χ0v) is 15.0. The van der Waals surface area contributed by atoms with Gasteiger partial charge in [0.1, 0.15) is 10.8 Å². The van der Waals surface area contributed by atoms with Gasteiger partial charge in [0.2, 0.25) is 0 Å². The van der Waals surface area contributed by atoms with Crippen LogP contribution in [0.1, 0.15) is 31.1 Å². The molecule has 0 saturated carbocycles. The van der Waals surface area contributed by atoms with Crippen molar-refractivity contribution in [2.24, 2.45) is 0 Å². The monoisotopic (exact) mass is 366 g/mol. The number of nitrogens with zero attached hydrogens (tertiary/aromatic N) is 2. The van der Waals surface area contributed by atoms with Crippen LogP contribution < -0.4 is 16.2 Å². The molecule has 6 nitrogen and oxygen atoms in total. The fourth-order valence-electron chi connectivity index (χ4n) is 2.15. The Morgan fingerprint density at radius 1 is 1.28 bits per heavy atom. The van der Waals surface area contributed by atoms with E-state index in [1.165, 1.54) is 29.1 Å². The average Bonchev–Trinajstić information content (AvgIpc) is 2.54. The van der Waals surface area contributed by atoms with Crippen LogP contribution in [0.4, 0.5) is 10.1 Å². The van der Waals surface area contributed by atoms with Crippen molar-refractivity contribution in [3.05, 3.63) is 57.2 Å². The number of aromatic nitrogens is 2. The molecular formula is C17H20ClFN4O2. The molecule has 2 rings (SSSR count). The fraction of sp³-hybridized carbons (Fsp3) is 0.353. The molecule has 134 valence electrons. The number of carbonyl (C=O) groups is 1. The second-order valence-corrected chi connectivity index (χ2v) is 6.80. The summed E-state index contributed by atoms with van der Waals surface area (Å²) in [7, 11) is 0. The van der Waals surface area contributed by atoms with Gasteiger partial charge in [-0.2, -0.15) is 5.10 Å². The summed E-state index contributed by atoms with van der Waals surface area (Å²) in [6.45, 7) is 6.08. The molecule has 0 atom stereocenters. The summed E-state index contributed by atoms with van der Waals surface area (Å²) < 4.78 is 14.8. The minimum atomic E-state index is -0.578. The van der Waals surface area contributed by atoms with Gasteiger partial charge in [-0.25, -0.2) is 9.07 Å². The molecule has 25 heavy (non-hydrogen) atoms. The highest BCUT2D eigenvalue weighted by atomic mass is 35.5. The molecule has 0 spiro atoms. The maximum Gasteiger partial charge on any atom is 0.288 e. The quantitative estimate of drug-likeness (QED) is 0.797. The van der Waals surface area contributed by atoms with Gasteiger partial charge in [-0.15, -0.1) is 0 Å². The van der Waals surface area contributed by atoms with Crippen molar-refractivity contribution in [3.8, 4) is 0 Å². The fourth-order valence-corrected chi connectivity index (χ4v) is 2.34. The van der Waals surface area contributed by atoms with E-state index in [0.29, 0.717) is 12.2 Å². The Bertz CT molecular complexity index is 830. The topological polar surface area (TPSA) is 76.0 Å². The average molecular weight is 367 g/mol. The first-order valence-electron chi connectivity index (χ1n) is 7.76. The molecule has 0 unspecified atom stereocenters. The van der Waals surface area contributed by atoms with E-state index >= 15 is 0 Å². The van der Waals surface area contributed by atoms with Crippen molar-refractivity contribution in [3.63, 3.8) is 0 Å². The Balaban J connectivity index is 1.95. The van der Waals surface area contributed by atoms with Gasteiger partial charge in [-0.1, -0.05) is 23.7 Å². The molecule has 2 aromatic rings. The highest BCUT2D eigenvalue weighted by Gasteiger charge is 2.19. The summed E-state index contributed by atoms with van der Waals surface area (Å²) in [4.78, 5) is 24.1. The predicted molar refractivity (Wildman–Crippen MR) is 95.7 cm³/mol. The zero-order chi connectivity index (χ0) is 18.6. The van der Waals surface area contributed by atoms with Crippen LogP contribution in [0.5, 0.6) is 0 Å². The third kappa shape index (κ3) is 4.57. The maximum absolute atomic E-state index is 13.5. The van der Waals surface area contributed by atoms with Gasteiger partial charge in [-0.05, 0) is 32.9 Å². The maximum atomic E-state index is 13.5. The molecule has 0 aliphatic heterocycles. The van der Waals surface area contributed by atoms with Gasteiger partial charge >= 0.3 is 0 Å². The lowest BCUT2D eigenvalue weighted by molar-refractivity contribution is 0.0951. The highest BCUT2D eigenvalue weighted by Crippen LogP contribution is 2.17. The molecule has 0 saturated heterocycles. The van der Waals surface area contributed by atoms with Gasteiger partial charge in [0.05, 0.1) is 23.0 Å². The molecule has 0 aliphatic rings. The Morgan fingerprint density at radius 3 is 2.60 bits per heavy atom. The van der Waals surface area contributed by atoms with Crippen LogP contribution in [0.2, 0.25) is 5.02 Å². The summed E-state index contributed by atoms with van der Waals surface area (Å²) >= 11 is 6.09. The molecule has 1 aromatic heterocycles. The lowest BCUT2D eigenvalue weighted by Crippen LogP contribution is -2.36. The van der Waals surface area contributed by atoms with E-state index in [1.54, 1.807) is 6.07 Å². The predicted octanol–water partition coefficient (Wildman–Crippen LogP) is 2.63. The normalized spacial score (nSPS) is 11.2. The van der Waals surface area contributed by atoms with E-state index in [0.717, 1.165) is 0 Å². The van der Waals surface area contributed by atoms with Crippen LogP contribution in [-0.2, 0) is 5.54 Å². The van der Waals surface area contributed by atoms with E-state index in [1.807, 2.05) is 20.8 Å². The van der Waals surface area contributed by atoms with E-state index < -0.39 is 22.8 Å². The van der Waals surface area contributed by atoms with E-state index in [2.05, 4.69) is 15.7 Å². The first-order chi connectivity index (χ1) is 11.7. The smallest absolute Gasteiger partial charge is 0.288 e. The Hall–Kier alpha value is -2.41. The van der Waals surface area contributed by atoms with Crippen LogP contribution in [0.3, 0.4) is 0 Å². The number of carbonyl (C=O) groups excluding carboxylic acids is 1. The van der Waals surface area contributed by atoms with E-state index in [-0.39, 0.29) is 17.1 Å². The summed E-state index contributed by atoms with van der Waals surface area (Å²) in [6.07, 6.45) is 1.47. The molecule has 2 N–H and O–H groups in total. The Kier molecular flexibility index (Phi) is 5.79. The number of benzene rings is 1. The van der Waals surface area contributed by atoms with Crippen LogP contribution in [0.15, 0.2) is 35.3 Å². The van der Waals surface area contributed by atoms with Crippen LogP contribution in [0.25, 0.3) is 0 Å². The number of amides is 1. The first-order valence-corrected chi connectivity index (χ1v) is 8.14. The van der Waals surface area contributed by atoms with Crippen molar-refractivity contribution in [2.45, 2.75) is 26.3 Å². The Labute approximate surface area is 150 Å². The van der Waals surface area contributed by atoms with Gasteiger partial charge in [0.25, 0.3) is 11.5 Å². The summed E-state index contributed by atoms with van der Waals surface area (Å²) in [5, 5.41) is 9.67. The molecule has 8 heteroatoms. The molecule has 0 aliphatic carbocycles. The van der Waals surface area contributed by atoms with Crippen LogP contribution in [-0.4, -0.2) is 28.8 Å². The van der Waals surface area contributed by atoms with Crippen molar-refractivity contribution in [2.75, 3.05) is 18.4 Å². The minimum Gasteiger partial charge on any atom is -0.381 e. The number of nitrogens with one attached hydrogen (secondary N) is 2. The molecule has 0 bridgehead atoms. The van der Waals surface area contributed by atoms with Crippen molar-refractivity contribution in [1.29, 1.82) is 0 Å². The summed E-state index contributed by atoms with van der Waals surface area (Å²) in [5.74, 6) is -1.08. The molecule has 0 fully saturated rings. The van der Waals surface area contributed by atoms with Crippen molar-refractivity contribution in [1.82, 2.24) is 15.1 Å². The lowest BCUT2D eigenvalue weighted by Gasteiger charge is -2.21. The molecule has 1 amide bonds.